The van der Waals surface area contributed by atoms with Crippen molar-refractivity contribution in [1.82, 2.24) is 10.6 Å². The molecule has 0 rings (SSSR count). The maximum absolute atomic E-state index is 11.5. The Kier molecular flexibility index (Phi) is 9.37. The minimum atomic E-state index is -0.260. The van der Waals surface area contributed by atoms with Crippen LogP contribution in [0.4, 0.5) is 0 Å². The van der Waals surface area contributed by atoms with Gasteiger partial charge in [0.25, 0.3) is 0 Å². The van der Waals surface area contributed by atoms with E-state index in [0.717, 1.165) is 0 Å². The average Bonchev–Trinajstić information content (AvgIpc) is 2.33. The zero-order valence-corrected chi connectivity index (χ0v) is 10.7. The Morgan fingerprint density at radius 3 is 2.41 bits per heavy atom. The molecule has 6 nitrogen and oxygen atoms in total. The van der Waals surface area contributed by atoms with Crippen molar-refractivity contribution in [3.8, 4) is 0 Å². The quantitative estimate of drug-likeness (QED) is 0.584. The predicted octanol–water partition coefficient (Wildman–Crippen LogP) is -0.320. The number of carbonyl (C=O) groups is 2. The van der Waals surface area contributed by atoms with Crippen LogP contribution in [0.5, 0.6) is 0 Å². The lowest BCUT2D eigenvalue weighted by Crippen LogP contribution is -2.37. The number of carbonyl (C=O) groups excluding carboxylic acids is 2. The first kappa shape index (κ1) is 15.9. The Morgan fingerprint density at radius 1 is 1.18 bits per heavy atom. The van der Waals surface area contributed by atoms with Gasteiger partial charge in [0.1, 0.15) is 0 Å². The summed E-state index contributed by atoms with van der Waals surface area (Å²) in [5.74, 6) is -0.442. The molecule has 0 aromatic carbocycles. The van der Waals surface area contributed by atoms with Crippen LogP contribution in [0, 0.1) is 0 Å². The van der Waals surface area contributed by atoms with E-state index in [4.69, 9.17) is 9.47 Å². The van der Waals surface area contributed by atoms with Gasteiger partial charge in [0, 0.05) is 20.3 Å². The van der Waals surface area contributed by atoms with Crippen molar-refractivity contribution in [2.24, 2.45) is 0 Å². The highest BCUT2D eigenvalue weighted by atomic mass is 16.5. The van der Waals surface area contributed by atoms with Crippen molar-refractivity contribution in [3.63, 3.8) is 0 Å². The van der Waals surface area contributed by atoms with Gasteiger partial charge in [-0.2, -0.15) is 0 Å². The van der Waals surface area contributed by atoms with Crippen molar-refractivity contribution in [2.75, 3.05) is 33.4 Å². The third-order valence-electron chi connectivity index (χ3n) is 2.05. The molecule has 0 bridgehead atoms. The Labute approximate surface area is 102 Å². The van der Waals surface area contributed by atoms with Gasteiger partial charge in [-0.05, 0) is 13.8 Å². The van der Waals surface area contributed by atoms with Crippen molar-refractivity contribution >= 4 is 11.8 Å². The summed E-state index contributed by atoms with van der Waals surface area (Å²) in [6.07, 6.45) is -0.0604. The van der Waals surface area contributed by atoms with Crippen molar-refractivity contribution in [3.05, 3.63) is 0 Å². The second-order valence-electron chi connectivity index (χ2n) is 3.39. The first-order valence-electron chi connectivity index (χ1n) is 5.80. The van der Waals surface area contributed by atoms with Gasteiger partial charge in [0.05, 0.1) is 25.7 Å². The van der Waals surface area contributed by atoms with Crippen molar-refractivity contribution in [2.45, 2.75) is 26.4 Å². The van der Waals surface area contributed by atoms with E-state index in [9.17, 15) is 9.59 Å². The standard InChI is InChI=1S/C11H22N2O4/c1-4-16-8-9(17-5-2)6-10(14)13-7-11(15)12-3/h9H,4-8H2,1-3H3,(H,12,15)(H,13,14). The number of hydrogen-bond acceptors (Lipinski definition) is 4. The highest BCUT2D eigenvalue weighted by Crippen LogP contribution is 1.99. The van der Waals surface area contributed by atoms with Gasteiger partial charge in [-0.1, -0.05) is 0 Å². The van der Waals surface area contributed by atoms with Gasteiger partial charge in [-0.3, -0.25) is 9.59 Å². The highest BCUT2D eigenvalue weighted by molar-refractivity contribution is 5.84. The Balaban J connectivity index is 3.89. The largest absolute Gasteiger partial charge is 0.379 e. The van der Waals surface area contributed by atoms with Crippen LogP contribution in [-0.2, 0) is 19.1 Å². The lowest BCUT2D eigenvalue weighted by atomic mass is 10.2. The Morgan fingerprint density at radius 2 is 1.88 bits per heavy atom. The first-order valence-corrected chi connectivity index (χ1v) is 5.80. The van der Waals surface area contributed by atoms with Crippen LogP contribution < -0.4 is 10.6 Å². The lowest BCUT2D eigenvalue weighted by molar-refractivity contribution is -0.128. The minimum Gasteiger partial charge on any atom is -0.379 e. The van der Waals surface area contributed by atoms with Crippen LogP contribution in [0.2, 0.25) is 0 Å². The molecule has 0 saturated heterocycles. The summed E-state index contributed by atoms with van der Waals surface area (Å²) < 4.78 is 10.6. The van der Waals surface area contributed by atoms with E-state index in [1.807, 2.05) is 13.8 Å². The number of hydrogen-bond donors (Lipinski definition) is 2. The van der Waals surface area contributed by atoms with Crippen molar-refractivity contribution < 1.29 is 19.1 Å². The van der Waals surface area contributed by atoms with Gasteiger partial charge in [-0.15, -0.1) is 0 Å². The summed E-state index contributed by atoms with van der Waals surface area (Å²) in [7, 11) is 1.52. The number of amides is 2. The molecule has 0 fully saturated rings. The summed E-state index contributed by atoms with van der Waals surface area (Å²) in [5, 5.41) is 4.94. The van der Waals surface area contributed by atoms with Crippen LogP contribution in [0.3, 0.4) is 0 Å². The Bertz CT molecular complexity index is 234. The van der Waals surface area contributed by atoms with Gasteiger partial charge < -0.3 is 20.1 Å². The van der Waals surface area contributed by atoms with E-state index in [1.54, 1.807) is 0 Å². The fraction of sp³-hybridized carbons (Fsp3) is 0.818. The van der Waals surface area contributed by atoms with E-state index in [-0.39, 0.29) is 30.9 Å². The van der Waals surface area contributed by atoms with Crippen LogP contribution >= 0.6 is 0 Å². The highest BCUT2D eigenvalue weighted by Gasteiger charge is 2.14. The summed E-state index contributed by atoms with van der Waals surface area (Å²) in [6.45, 7) is 5.24. The first-order chi connectivity index (χ1) is 8.13. The normalized spacial score (nSPS) is 11.9. The van der Waals surface area contributed by atoms with Gasteiger partial charge in [0.15, 0.2) is 0 Å². The lowest BCUT2D eigenvalue weighted by Gasteiger charge is -2.16. The fourth-order valence-corrected chi connectivity index (χ4v) is 1.20. The van der Waals surface area contributed by atoms with Crippen LogP contribution in [0.1, 0.15) is 20.3 Å². The van der Waals surface area contributed by atoms with Crippen molar-refractivity contribution in [1.29, 1.82) is 0 Å². The molecule has 100 valence electrons. The number of likely N-dealkylation sites (N-methyl/N-ethyl adjacent to an activating group) is 1. The van der Waals surface area contributed by atoms with E-state index in [0.29, 0.717) is 19.8 Å². The minimum absolute atomic E-state index is 0.0111. The molecule has 0 heterocycles. The second kappa shape index (κ2) is 10.0. The zero-order chi connectivity index (χ0) is 13.1. The topological polar surface area (TPSA) is 76.7 Å². The molecule has 17 heavy (non-hydrogen) atoms. The number of nitrogens with one attached hydrogen (secondary N) is 2. The van der Waals surface area contributed by atoms with Gasteiger partial charge >= 0.3 is 0 Å². The monoisotopic (exact) mass is 246 g/mol. The summed E-state index contributed by atoms with van der Waals surface area (Å²) >= 11 is 0. The summed E-state index contributed by atoms with van der Waals surface area (Å²) in [5.41, 5.74) is 0. The van der Waals surface area contributed by atoms with Gasteiger partial charge in [0.2, 0.25) is 11.8 Å². The third kappa shape index (κ3) is 8.65. The molecule has 0 aliphatic rings. The molecule has 0 aromatic heterocycles. The van der Waals surface area contributed by atoms with Crippen LogP contribution in [0.15, 0.2) is 0 Å². The van der Waals surface area contributed by atoms with E-state index in [1.165, 1.54) is 7.05 Å². The molecule has 0 spiro atoms. The number of ether oxygens (including phenoxy) is 2. The molecule has 0 saturated carbocycles. The summed E-state index contributed by atoms with van der Waals surface area (Å²) in [4.78, 5) is 22.4. The molecule has 1 atom stereocenters. The molecule has 2 amide bonds. The average molecular weight is 246 g/mol. The number of rotatable bonds is 9. The molecular weight excluding hydrogens is 224 g/mol. The van der Waals surface area contributed by atoms with E-state index < -0.39 is 0 Å². The molecule has 0 radical (unpaired) electrons. The molecule has 6 heteroatoms. The molecule has 0 aromatic rings. The second-order valence-corrected chi connectivity index (χ2v) is 3.39. The molecule has 0 aliphatic heterocycles. The van der Waals surface area contributed by atoms with Crippen LogP contribution in [0.25, 0.3) is 0 Å². The molecule has 1 unspecified atom stereocenters. The smallest absolute Gasteiger partial charge is 0.239 e. The maximum Gasteiger partial charge on any atom is 0.239 e. The third-order valence-corrected chi connectivity index (χ3v) is 2.05. The fourth-order valence-electron chi connectivity index (χ4n) is 1.20. The maximum atomic E-state index is 11.5. The van der Waals surface area contributed by atoms with Crippen LogP contribution in [-0.4, -0.2) is 51.3 Å². The van der Waals surface area contributed by atoms with Gasteiger partial charge in [-0.25, -0.2) is 0 Å². The Hall–Kier alpha value is -1.14. The van der Waals surface area contributed by atoms with E-state index in [2.05, 4.69) is 10.6 Å². The zero-order valence-electron chi connectivity index (χ0n) is 10.7. The summed E-state index contributed by atoms with van der Waals surface area (Å²) in [6, 6.07) is 0. The molecule has 0 aliphatic carbocycles. The SMILES string of the molecule is CCOCC(CC(=O)NCC(=O)NC)OCC. The molecule has 2 N–H and O–H groups in total. The molecular formula is C11H22N2O4. The predicted molar refractivity (Wildman–Crippen MR) is 63.6 cm³/mol. The van der Waals surface area contributed by atoms with E-state index >= 15 is 0 Å².